The lowest BCUT2D eigenvalue weighted by Gasteiger charge is -2.35. The normalized spacial score (nSPS) is 34.9. The van der Waals surface area contributed by atoms with Crippen molar-refractivity contribution in [3.8, 4) is 0 Å². The minimum Gasteiger partial charge on any atom is -0.464 e. The first-order chi connectivity index (χ1) is 13.9. The molecule has 2 N–H and O–H groups in total. The molecule has 1 aromatic carbocycles. The van der Waals surface area contributed by atoms with Gasteiger partial charge in [-0.1, -0.05) is 37.3 Å². The molecular weight excluding hydrogens is 368 g/mol. The summed E-state index contributed by atoms with van der Waals surface area (Å²) in [6, 6.07) is 10.2. The molecule has 3 heterocycles. The van der Waals surface area contributed by atoms with Crippen LogP contribution in [0.3, 0.4) is 0 Å². The van der Waals surface area contributed by atoms with Gasteiger partial charge >= 0.3 is 11.9 Å². The van der Waals surface area contributed by atoms with E-state index in [0.717, 1.165) is 25.1 Å². The van der Waals surface area contributed by atoms with Gasteiger partial charge in [-0.15, -0.1) is 0 Å². The number of carbonyl (C=O) groups excluding carboxylic acids is 2. The van der Waals surface area contributed by atoms with Crippen LogP contribution in [-0.4, -0.2) is 50.3 Å². The van der Waals surface area contributed by atoms with Crippen molar-refractivity contribution >= 4 is 11.9 Å². The summed E-state index contributed by atoms with van der Waals surface area (Å²) in [5.41, 5.74) is 0.419. The van der Waals surface area contributed by atoms with Gasteiger partial charge in [-0.25, -0.2) is 0 Å². The minimum atomic E-state index is -0.582. The summed E-state index contributed by atoms with van der Waals surface area (Å²) in [6.07, 6.45) is 1.07. The SMILES string of the molecule is C[C@@H]1CN[C@H](C)[C@H]1C(=O)OCC(C)(COC(=O)[C@H]1[C@H]2CN[C@@H]1C2)c1ccccc1. The van der Waals surface area contributed by atoms with Gasteiger partial charge in [0.05, 0.1) is 17.3 Å². The molecule has 2 bridgehead atoms. The van der Waals surface area contributed by atoms with Crippen LogP contribution in [0.25, 0.3) is 0 Å². The molecule has 6 heteroatoms. The van der Waals surface area contributed by atoms with Gasteiger partial charge in [0.1, 0.15) is 13.2 Å². The van der Waals surface area contributed by atoms with Gasteiger partial charge in [0.2, 0.25) is 0 Å². The lowest BCUT2D eigenvalue weighted by Crippen LogP contribution is -2.45. The third-order valence-electron chi connectivity index (χ3n) is 7.13. The Hall–Kier alpha value is -1.92. The maximum atomic E-state index is 12.8. The predicted octanol–water partition coefficient (Wildman–Crippen LogP) is 1.88. The highest BCUT2D eigenvalue weighted by Gasteiger charge is 2.52. The second kappa shape index (κ2) is 8.07. The summed E-state index contributed by atoms with van der Waals surface area (Å²) in [4.78, 5) is 25.4. The number of ether oxygens (including phenoxy) is 2. The van der Waals surface area contributed by atoms with Crippen molar-refractivity contribution < 1.29 is 19.1 Å². The Kier molecular flexibility index (Phi) is 5.67. The predicted molar refractivity (Wildman–Crippen MR) is 109 cm³/mol. The van der Waals surface area contributed by atoms with Crippen LogP contribution < -0.4 is 10.6 Å². The van der Waals surface area contributed by atoms with Crippen molar-refractivity contribution in [2.75, 3.05) is 26.3 Å². The molecule has 0 radical (unpaired) electrons. The Balaban J connectivity index is 1.41. The summed E-state index contributed by atoms with van der Waals surface area (Å²) < 4.78 is 11.6. The molecule has 3 aliphatic heterocycles. The van der Waals surface area contributed by atoms with Crippen LogP contribution in [0.4, 0.5) is 0 Å². The van der Waals surface area contributed by atoms with Crippen LogP contribution in [0.5, 0.6) is 0 Å². The van der Waals surface area contributed by atoms with Gasteiger partial charge in [0.25, 0.3) is 0 Å². The summed E-state index contributed by atoms with van der Waals surface area (Å²) >= 11 is 0. The molecule has 4 fully saturated rings. The molecular formula is C23H32N2O4. The molecule has 7 atom stereocenters. The Morgan fingerprint density at radius 2 is 1.66 bits per heavy atom. The molecule has 29 heavy (non-hydrogen) atoms. The number of hydrogen-bond donors (Lipinski definition) is 2. The topological polar surface area (TPSA) is 76.7 Å². The van der Waals surface area contributed by atoms with E-state index in [2.05, 4.69) is 17.6 Å². The van der Waals surface area contributed by atoms with Gasteiger partial charge in [0, 0.05) is 12.1 Å². The van der Waals surface area contributed by atoms with E-state index in [1.54, 1.807) is 0 Å². The number of fused-ring (bicyclic) bond motifs is 1. The maximum Gasteiger partial charge on any atom is 0.310 e. The molecule has 1 saturated carbocycles. The van der Waals surface area contributed by atoms with Crippen LogP contribution in [-0.2, 0) is 24.5 Å². The zero-order valence-corrected chi connectivity index (χ0v) is 17.5. The standard InChI is InChI=1S/C23H32N2O4/c1-14-10-24-15(2)19(14)21(26)28-12-23(3,17-7-5-4-6-8-17)13-29-22(27)20-16-9-18(20)25-11-16/h4-8,14-16,18-20,24-25H,9-13H2,1-3H3/t14-,15-,16-,18-,19+,20+,23?/m1/s1. The molecule has 1 aromatic rings. The van der Waals surface area contributed by atoms with Crippen LogP contribution in [0, 0.1) is 23.7 Å². The van der Waals surface area contributed by atoms with Gasteiger partial charge in [-0.05, 0) is 50.8 Å². The van der Waals surface area contributed by atoms with E-state index in [4.69, 9.17) is 9.47 Å². The van der Waals surface area contributed by atoms with Crippen LogP contribution in [0.15, 0.2) is 30.3 Å². The molecule has 0 amide bonds. The smallest absolute Gasteiger partial charge is 0.310 e. The fraction of sp³-hybridized carbons (Fsp3) is 0.652. The van der Waals surface area contributed by atoms with E-state index >= 15 is 0 Å². The van der Waals surface area contributed by atoms with E-state index in [0.29, 0.717) is 5.92 Å². The molecule has 158 valence electrons. The van der Waals surface area contributed by atoms with E-state index in [9.17, 15) is 9.59 Å². The number of hydrogen-bond acceptors (Lipinski definition) is 6. The first-order valence-corrected chi connectivity index (χ1v) is 10.7. The molecule has 4 aliphatic rings. The van der Waals surface area contributed by atoms with E-state index in [-0.39, 0.29) is 55.0 Å². The highest BCUT2D eigenvalue weighted by atomic mass is 16.5. The van der Waals surface area contributed by atoms with E-state index in [1.807, 2.05) is 44.2 Å². The lowest BCUT2D eigenvalue weighted by molar-refractivity contribution is -0.158. The van der Waals surface area contributed by atoms with Crippen molar-refractivity contribution in [1.29, 1.82) is 0 Å². The van der Waals surface area contributed by atoms with Crippen LogP contribution in [0.2, 0.25) is 0 Å². The van der Waals surface area contributed by atoms with Crippen molar-refractivity contribution in [3.63, 3.8) is 0 Å². The summed E-state index contributed by atoms with van der Waals surface area (Å²) in [5, 5.41) is 6.69. The second-order valence-corrected chi connectivity index (χ2v) is 9.38. The van der Waals surface area contributed by atoms with Gasteiger partial charge in [0.15, 0.2) is 0 Å². The zero-order chi connectivity index (χ0) is 20.6. The third-order valence-corrected chi connectivity index (χ3v) is 7.13. The Morgan fingerprint density at radius 3 is 2.17 bits per heavy atom. The Bertz CT molecular complexity index is 731. The van der Waals surface area contributed by atoms with Crippen molar-refractivity contribution in [3.05, 3.63) is 35.9 Å². The van der Waals surface area contributed by atoms with Gasteiger partial charge in [-0.3, -0.25) is 9.59 Å². The molecule has 5 rings (SSSR count). The van der Waals surface area contributed by atoms with Crippen molar-refractivity contribution in [2.45, 2.75) is 44.7 Å². The third kappa shape index (κ3) is 3.92. The highest BCUT2D eigenvalue weighted by Crippen LogP contribution is 2.41. The first kappa shape index (κ1) is 20.4. The molecule has 0 aromatic heterocycles. The largest absolute Gasteiger partial charge is 0.464 e. The van der Waals surface area contributed by atoms with Crippen LogP contribution in [0.1, 0.15) is 32.8 Å². The molecule has 6 nitrogen and oxygen atoms in total. The van der Waals surface area contributed by atoms with E-state index < -0.39 is 5.41 Å². The average molecular weight is 401 g/mol. The molecule has 0 spiro atoms. The number of rotatable bonds is 7. The number of nitrogens with one attached hydrogen (secondary N) is 2. The van der Waals surface area contributed by atoms with Crippen molar-refractivity contribution in [1.82, 2.24) is 10.6 Å². The van der Waals surface area contributed by atoms with E-state index in [1.165, 1.54) is 0 Å². The quantitative estimate of drug-likeness (QED) is 0.681. The highest BCUT2D eigenvalue weighted by molar-refractivity contribution is 5.76. The second-order valence-electron chi connectivity index (χ2n) is 9.38. The Morgan fingerprint density at radius 1 is 1.00 bits per heavy atom. The van der Waals surface area contributed by atoms with Crippen molar-refractivity contribution in [2.24, 2.45) is 23.7 Å². The fourth-order valence-corrected chi connectivity index (χ4v) is 5.09. The average Bonchev–Trinajstić information content (AvgIpc) is 3.42. The molecule has 3 saturated heterocycles. The maximum absolute atomic E-state index is 12.8. The zero-order valence-electron chi connectivity index (χ0n) is 17.5. The molecule has 1 unspecified atom stereocenters. The summed E-state index contributed by atoms with van der Waals surface area (Å²) in [5.74, 6) is 0.181. The van der Waals surface area contributed by atoms with Crippen LogP contribution >= 0.6 is 0 Å². The molecule has 1 aliphatic carbocycles. The Labute approximate surface area is 172 Å². The van der Waals surface area contributed by atoms with Gasteiger partial charge < -0.3 is 20.1 Å². The van der Waals surface area contributed by atoms with Gasteiger partial charge in [-0.2, -0.15) is 0 Å². The number of esters is 2. The number of carbonyl (C=O) groups is 2. The number of benzene rings is 1. The lowest BCUT2D eigenvalue weighted by atomic mass is 9.74. The summed E-state index contributed by atoms with van der Waals surface area (Å²) in [6.45, 7) is 8.21. The first-order valence-electron chi connectivity index (χ1n) is 10.7. The fourth-order valence-electron chi connectivity index (χ4n) is 5.09. The monoisotopic (exact) mass is 400 g/mol. The summed E-state index contributed by atoms with van der Waals surface area (Å²) in [7, 11) is 0. The minimum absolute atomic E-state index is 0.0242.